The van der Waals surface area contributed by atoms with Crippen molar-refractivity contribution in [3.63, 3.8) is 0 Å². The van der Waals surface area contributed by atoms with Gasteiger partial charge in [0.1, 0.15) is 11.6 Å². The first-order valence-electron chi connectivity index (χ1n) is 7.16. The number of halogens is 1. The van der Waals surface area contributed by atoms with Crippen LogP contribution in [0.25, 0.3) is 0 Å². The van der Waals surface area contributed by atoms with E-state index < -0.39 is 6.04 Å². The molecule has 6 heteroatoms. The summed E-state index contributed by atoms with van der Waals surface area (Å²) in [5.41, 5.74) is 1.22. The second-order valence-corrected chi connectivity index (χ2v) is 5.26. The molecule has 2 N–H and O–H groups in total. The van der Waals surface area contributed by atoms with Crippen molar-refractivity contribution in [2.45, 2.75) is 13.0 Å². The Morgan fingerprint density at radius 1 is 1.30 bits per heavy atom. The summed E-state index contributed by atoms with van der Waals surface area (Å²) in [4.78, 5) is 23.6. The van der Waals surface area contributed by atoms with E-state index in [9.17, 15) is 14.0 Å². The van der Waals surface area contributed by atoms with Crippen molar-refractivity contribution in [2.75, 3.05) is 11.9 Å². The summed E-state index contributed by atoms with van der Waals surface area (Å²) in [6, 6.07) is 10.6. The molecule has 0 aliphatic carbocycles. The van der Waals surface area contributed by atoms with Gasteiger partial charge in [0, 0.05) is 11.1 Å². The van der Waals surface area contributed by atoms with Crippen molar-refractivity contribution in [1.29, 1.82) is 0 Å². The summed E-state index contributed by atoms with van der Waals surface area (Å²) >= 11 is 0. The lowest BCUT2D eigenvalue weighted by molar-refractivity contribution is -0.118. The van der Waals surface area contributed by atoms with E-state index in [0.717, 1.165) is 0 Å². The number of benzene rings is 2. The van der Waals surface area contributed by atoms with Crippen LogP contribution in [0.3, 0.4) is 0 Å². The Kier molecular flexibility index (Phi) is 3.97. The van der Waals surface area contributed by atoms with Crippen molar-refractivity contribution < 1.29 is 18.7 Å². The van der Waals surface area contributed by atoms with Crippen molar-refractivity contribution in [3.8, 4) is 5.75 Å². The number of anilines is 1. The van der Waals surface area contributed by atoms with Crippen LogP contribution in [-0.2, 0) is 4.79 Å². The molecule has 2 aromatic carbocycles. The number of carbonyl (C=O) groups is 2. The van der Waals surface area contributed by atoms with E-state index in [1.165, 1.54) is 12.1 Å². The fraction of sp³-hybridized carbons (Fsp3) is 0.176. The Balaban J connectivity index is 1.77. The predicted octanol–water partition coefficient (Wildman–Crippen LogP) is 2.65. The molecule has 1 atom stereocenters. The van der Waals surface area contributed by atoms with E-state index in [1.54, 1.807) is 37.3 Å². The minimum Gasteiger partial charge on any atom is -0.482 e. The van der Waals surface area contributed by atoms with Crippen LogP contribution in [0.15, 0.2) is 42.5 Å². The minimum absolute atomic E-state index is 0.0388. The molecule has 118 valence electrons. The smallest absolute Gasteiger partial charge is 0.262 e. The van der Waals surface area contributed by atoms with E-state index in [0.29, 0.717) is 22.6 Å². The molecule has 3 rings (SSSR count). The van der Waals surface area contributed by atoms with Gasteiger partial charge in [-0.1, -0.05) is 18.2 Å². The van der Waals surface area contributed by atoms with Crippen LogP contribution in [0.1, 0.15) is 28.9 Å². The number of fused-ring (bicyclic) bond motifs is 1. The van der Waals surface area contributed by atoms with Gasteiger partial charge >= 0.3 is 0 Å². The normalized spacial score (nSPS) is 14.3. The highest BCUT2D eigenvalue weighted by atomic mass is 19.1. The lowest BCUT2D eigenvalue weighted by atomic mass is 10.1. The quantitative estimate of drug-likeness (QED) is 0.915. The SMILES string of the molecule is C[C@H](NC(=O)c1ccc2c(c1)NC(=O)CO2)c1ccccc1F. The highest BCUT2D eigenvalue weighted by Gasteiger charge is 2.19. The third-order valence-electron chi connectivity index (χ3n) is 3.59. The first-order valence-corrected chi connectivity index (χ1v) is 7.16. The molecule has 2 amide bonds. The van der Waals surface area contributed by atoms with E-state index in [-0.39, 0.29) is 24.2 Å². The number of ether oxygens (including phenoxy) is 1. The van der Waals surface area contributed by atoms with Crippen molar-refractivity contribution in [1.82, 2.24) is 5.32 Å². The van der Waals surface area contributed by atoms with Gasteiger partial charge in [0.05, 0.1) is 11.7 Å². The Labute approximate surface area is 132 Å². The maximum Gasteiger partial charge on any atom is 0.262 e. The number of nitrogens with one attached hydrogen (secondary N) is 2. The Hall–Kier alpha value is -2.89. The topological polar surface area (TPSA) is 67.4 Å². The molecule has 1 heterocycles. The molecule has 0 unspecified atom stereocenters. The fourth-order valence-corrected chi connectivity index (χ4v) is 2.41. The van der Waals surface area contributed by atoms with E-state index >= 15 is 0 Å². The van der Waals surface area contributed by atoms with E-state index in [4.69, 9.17) is 4.74 Å². The third-order valence-corrected chi connectivity index (χ3v) is 3.59. The second-order valence-electron chi connectivity index (χ2n) is 5.26. The van der Waals surface area contributed by atoms with Gasteiger partial charge in [-0.15, -0.1) is 0 Å². The van der Waals surface area contributed by atoms with Gasteiger partial charge < -0.3 is 15.4 Å². The van der Waals surface area contributed by atoms with E-state index in [1.807, 2.05) is 0 Å². The molecule has 0 radical (unpaired) electrons. The molecular weight excluding hydrogens is 299 g/mol. The standard InChI is InChI=1S/C17H15FN2O3/c1-10(12-4-2-3-5-13(12)18)19-17(22)11-6-7-15-14(8-11)20-16(21)9-23-15/h2-8,10H,9H2,1H3,(H,19,22)(H,20,21)/t10-/m0/s1. The molecule has 5 nitrogen and oxygen atoms in total. The summed E-state index contributed by atoms with van der Waals surface area (Å²) in [6.07, 6.45) is 0. The first-order chi connectivity index (χ1) is 11.0. The predicted molar refractivity (Wildman–Crippen MR) is 82.8 cm³/mol. The van der Waals surface area contributed by atoms with Gasteiger partial charge in [-0.3, -0.25) is 9.59 Å². The zero-order valence-corrected chi connectivity index (χ0v) is 12.4. The van der Waals surface area contributed by atoms with Crippen LogP contribution in [-0.4, -0.2) is 18.4 Å². The lowest BCUT2D eigenvalue weighted by Gasteiger charge is -2.19. The van der Waals surface area contributed by atoms with Crippen molar-refractivity contribution >= 4 is 17.5 Å². The lowest BCUT2D eigenvalue weighted by Crippen LogP contribution is -2.28. The molecule has 0 saturated carbocycles. The highest BCUT2D eigenvalue weighted by molar-refractivity contribution is 5.99. The van der Waals surface area contributed by atoms with Crippen LogP contribution in [0.5, 0.6) is 5.75 Å². The molecule has 1 aliphatic rings. The maximum absolute atomic E-state index is 13.7. The molecule has 0 fully saturated rings. The largest absolute Gasteiger partial charge is 0.482 e. The highest BCUT2D eigenvalue weighted by Crippen LogP contribution is 2.28. The Morgan fingerprint density at radius 3 is 2.87 bits per heavy atom. The molecular formula is C17H15FN2O3. The number of carbonyl (C=O) groups excluding carboxylic acids is 2. The summed E-state index contributed by atoms with van der Waals surface area (Å²) in [7, 11) is 0. The monoisotopic (exact) mass is 314 g/mol. The summed E-state index contributed by atoms with van der Waals surface area (Å²) in [6.45, 7) is 1.67. The second kappa shape index (κ2) is 6.08. The molecule has 0 saturated heterocycles. The Morgan fingerprint density at radius 2 is 2.09 bits per heavy atom. The fourth-order valence-electron chi connectivity index (χ4n) is 2.41. The Bertz CT molecular complexity index is 776. The van der Waals surface area contributed by atoms with Gasteiger partial charge in [0.2, 0.25) is 0 Å². The van der Waals surface area contributed by atoms with Gasteiger partial charge in [0.15, 0.2) is 6.61 Å². The first kappa shape index (κ1) is 15.0. The number of hydrogen-bond acceptors (Lipinski definition) is 3. The minimum atomic E-state index is -0.481. The van der Waals surface area contributed by atoms with Gasteiger partial charge in [-0.25, -0.2) is 4.39 Å². The zero-order chi connectivity index (χ0) is 16.4. The molecule has 2 aromatic rings. The summed E-state index contributed by atoms with van der Waals surface area (Å²) in [5, 5.41) is 5.38. The average molecular weight is 314 g/mol. The number of amides is 2. The van der Waals surface area contributed by atoms with Crippen LogP contribution in [0, 0.1) is 5.82 Å². The number of hydrogen-bond donors (Lipinski definition) is 2. The molecule has 0 spiro atoms. The van der Waals surface area contributed by atoms with Crippen molar-refractivity contribution in [3.05, 3.63) is 59.4 Å². The summed E-state index contributed by atoms with van der Waals surface area (Å²) in [5.74, 6) is -0.479. The van der Waals surface area contributed by atoms with Crippen LogP contribution in [0.2, 0.25) is 0 Å². The molecule has 0 bridgehead atoms. The molecule has 23 heavy (non-hydrogen) atoms. The molecule has 1 aliphatic heterocycles. The zero-order valence-electron chi connectivity index (χ0n) is 12.4. The van der Waals surface area contributed by atoms with Crippen LogP contribution in [0.4, 0.5) is 10.1 Å². The van der Waals surface area contributed by atoms with Gasteiger partial charge in [0.25, 0.3) is 11.8 Å². The number of rotatable bonds is 3. The third kappa shape index (κ3) is 3.15. The van der Waals surface area contributed by atoms with Gasteiger partial charge in [-0.05, 0) is 31.2 Å². The van der Waals surface area contributed by atoms with Crippen LogP contribution < -0.4 is 15.4 Å². The van der Waals surface area contributed by atoms with Crippen molar-refractivity contribution in [2.24, 2.45) is 0 Å². The summed E-state index contributed by atoms with van der Waals surface area (Å²) < 4.78 is 19.0. The van der Waals surface area contributed by atoms with Crippen LogP contribution >= 0.6 is 0 Å². The molecule has 0 aromatic heterocycles. The van der Waals surface area contributed by atoms with E-state index in [2.05, 4.69) is 10.6 Å². The maximum atomic E-state index is 13.7. The average Bonchev–Trinajstić information content (AvgIpc) is 2.54. The van der Waals surface area contributed by atoms with Gasteiger partial charge in [-0.2, -0.15) is 0 Å².